The van der Waals surface area contributed by atoms with Crippen molar-refractivity contribution >= 4 is 0 Å². The standard InChI is InChI=1S/C12H8N2O/c1-7-12-9-2-3-15-11(9)4-10(12)8(5-13)6-14-7/h2-3,6H,4H2,1H3. The molecule has 0 saturated heterocycles. The van der Waals surface area contributed by atoms with Gasteiger partial charge in [0, 0.05) is 29.4 Å². The fourth-order valence-corrected chi connectivity index (χ4v) is 2.16. The summed E-state index contributed by atoms with van der Waals surface area (Å²) in [5.41, 5.74) is 4.84. The van der Waals surface area contributed by atoms with Crippen LogP contribution in [-0.2, 0) is 6.42 Å². The highest BCUT2D eigenvalue weighted by molar-refractivity contribution is 5.78. The van der Waals surface area contributed by atoms with Gasteiger partial charge >= 0.3 is 0 Å². The van der Waals surface area contributed by atoms with Crippen LogP contribution >= 0.6 is 0 Å². The summed E-state index contributed by atoms with van der Waals surface area (Å²) in [6.45, 7) is 1.96. The monoisotopic (exact) mass is 196 g/mol. The molecule has 3 rings (SSSR count). The molecule has 2 heterocycles. The Labute approximate surface area is 87.0 Å². The Morgan fingerprint density at radius 3 is 3.20 bits per heavy atom. The zero-order chi connectivity index (χ0) is 10.4. The number of aromatic nitrogens is 1. The van der Waals surface area contributed by atoms with Crippen molar-refractivity contribution in [2.75, 3.05) is 0 Å². The van der Waals surface area contributed by atoms with E-state index in [1.54, 1.807) is 12.5 Å². The van der Waals surface area contributed by atoms with Crippen LogP contribution in [0.15, 0.2) is 22.9 Å². The number of rotatable bonds is 0. The van der Waals surface area contributed by atoms with Gasteiger partial charge in [0.2, 0.25) is 0 Å². The molecule has 1 aliphatic rings. The van der Waals surface area contributed by atoms with Gasteiger partial charge in [0.1, 0.15) is 11.8 Å². The number of pyridine rings is 1. The first-order valence-electron chi connectivity index (χ1n) is 4.76. The number of hydrogen-bond acceptors (Lipinski definition) is 3. The topological polar surface area (TPSA) is 49.8 Å². The maximum Gasteiger partial charge on any atom is 0.116 e. The molecule has 0 aromatic carbocycles. The van der Waals surface area contributed by atoms with Crippen LogP contribution in [0.25, 0.3) is 11.1 Å². The number of nitrogens with zero attached hydrogens (tertiary/aromatic N) is 2. The van der Waals surface area contributed by atoms with Gasteiger partial charge in [-0.3, -0.25) is 4.98 Å². The Balaban J connectivity index is 2.38. The minimum atomic E-state index is 0.655. The average Bonchev–Trinajstić information content (AvgIpc) is 2.77. The normalized spacial score (nSPS) is 12.0. The number of furan rings is 1. The van der Waals surface area contributed by atoms with E-state index < -0.39 is 0 Å². The van der Waals surface area contributed by atoms with E-state index in [1.807, 2.05) is 13.0 Å². The third-order valence-corrected chi connectivity index (χ3v) is 2.85. The van der Waals surface area contributed by atoms with Crippen molar-refractivity contribution in [3.05, 3.63) is 41.1 Å². The Morgan fingerprint density at radius 2 is 2.40 bits per heavy atom. The van der Waals surface area contributed by atoms with Gasteiger partial charge in [0.25, 0.3) is 0 Å². The Kier molecular flexibility index (Phi) is 1.49. The van der Waals surface area contributed by atoms with Crippen LogP contribution in [0.4, 0.5) is 0 Å². The number of hydrogen-bond donors (Lipinski definition) is 0. The van der Waals surface area contributed by atoms with Gasteiger partial charge < -0.3 is 4.42 Å². The van der Waals surface area contributed by atoms with Gasteiger partial charge in [0.15, 0.2) is 0 Å². The lowest BCUT2D eigenvalue weighted by Gasteiger charge is -2.04. The molecule has 0 spiro atoms. The second-order valence-electron chi connectivity index (χ2n) is 3.66. The van der Waals surface area contributed by atoms with E-state index in [9.17, 15) is 0 Å². The van der Waals surface area contributed by atoms with Crippen LogP contribution in [0.3, 0.4) is 0 Å². The van der Waals surface area contributed by atoms with Crippen LogP contribution in [0.5, 0.6) is 0 Å². The minimum absolute atomic E-state index is 0.655. The Bertz CT molecular complexity index is 590. The second-order valence-corrected chi connectivity index (χ2v) is 3.66. The first-order valence-corrected chi connectivity index (χ1v) is 4.76. The molecule has 0 bridgehead atoms. The highest BCUT2D eigenvalue weighted by atomic mass is 16.3. The molecule has 0 atom stereocenters. The SMILES string of the molecule is Cc1ncc(C#N)c2c1-c1ccoc1C2. The number of fused-ring (bicyclic) bond motifs is 3. The van der Waals surface area contributed by atoms with Gasteiger partial charge in [-0.05, 0) is 18.6 Å². The first-order chi connectivity index (χ1) is 7.31. The van der Waals surface area contributed by atoms with Gasteiger partial charge in [-0.15, -0.1) is 0 Å². The summed E-state index contributed by atoms with van der Waals surface area (Å²) < 4.78 is 5.38. The maximum atomic E-state index is 8.99. The molecule has 2 aromatic heterocycles. The van der Waals surface area contributed by atoms with Gasteiger partial charge in [-0.1, -0.05) is 0 Å². The zero-order valence-corrected chi connectivity index (χ0v) is 8.24. The molecule has 72 valence electrons. The van der Waals surface area contributed by atoms with Gasteiger partial charge in [0.05, 0.1) is 11.8 Å². The highest BCUT2D eigenvalue weighted by Crippen LogP contribution is 2.39. The van der Waals surface area contributed by atoms with E-state index in [0.717, 1.165) is 28.1 Å². The molecule has 3 heteroatoms. The summed E-state index contributed by atoms with van der Waals surface area (Å²) in [6, 6.07) is 4.12. The number of aryl methyl sites for hydroxylation is 1. The molecule has 0 N–H and O–H groups in total. The lowest BCUT2D eigenvalue weighted by Crippen LogP contribution is -1.93. The van der Waals surface area contributed by atoms with E-state index in [4.69, 9.17) is 9.68 Å². The molecule has 0 radical (unpaired) electrons. The lowest BCUT2D eigenvalue weighted by molar-refractivity contribution is 0.525. The quantitative estimate of drug-likeness (QED) is 0.554. The molecule has 0 fully saturated rings. The van der Waals surface area contributed by atoms with Crippen LogP contribution in [0.1, 0.15) is 22.6 Å². The predicted octanol–water partition coefficient (Wildman–Crippen LogP) is 2.43. The summed E-state index contributed by atoms with van der Waals surface area (Å²) in [7, 11) is 0. The molecular formula is C12H8N2O. The highest BCUT2D eigenvalue weighted by Gasteiger charge is 2.26. The van der Waals surface area contributed by atoms with Crippen molar-refractivity contribution in [3.63, 3.8) is 0 Å². The largest absolute Gasteiger partial charge is 0.468 e. The minimum Gasteiger partial charge on any atom is -0.468 e. The zero-order valence-electron chi connectivity index (χ0n) is 8.24. The molecule has 3 nitrogen and oxygen atoms in total. The first kappa shape index (κ1) is 8.25. The van der Waals surface area contributed by atoms with Crippen molar-refractivity contribution in [2.45, 2.75) is 13.3 Å². The van der Waals surface area contributed by atoms with Crippen molar-refractivity contribution in [1.29, 1.82) is 5.26 Å². The van der Waals surface area contributed by atoms with Crippen molar-refractivity contribution < 1.29 is 4.42 Å². The average molecular weight is 196 g/mol. The molecule has 1 aliphatic carbocycles. The van der Waals surface area contributed by atoms with Crippen LogP contribution in [-0.4, -0.2) is 4.98 Å². The van der Waals surface area contributed by atoms with Gasteiger partial charge in [-0.2, -0.15) is 5.26 Å². The van der Waals surface area contributed by atoms with E-state index in [-0.39, 0.29) is 0 Å². The lowest BCUT2D eigenvalue weighted by atomic mass is 10.0. The molecule has 15 heavy (non-hydrogen) atoms. The third kappa shape index (κ3) is 0.962. The van der Waals surface area contributed by atoms with Crippen LogP contribution in [0, 0.1) is 18.3 Å². The van der Waals surface area contributed by atoms with E-state index in [0.29, 0.717) is 12.0 Å². The fourth-order valence-electron chi connectivity index (χ4n) is 2.16. The number of nitriles is 1. The molecule has 2 aromatic rings. The molecular weight excluding hydrogens is 188 g/mol. The van der Waals surface area contributed by atoms with E-state index in [2.05, 4.69) is 11.1 Å². The predicted molar refractivity (Wildman–Crippen MR) is 54.2 cm³/mol. The summed E-state index contributed by atoms with van der Waals surface area (Å²) in [4.78, 5) is 4.24. The van der Waals surface area contributed by atoms with Crippen molar-refractivity contribution in [2.24, 2.45) is 0 Å². The Hall–Kier alpha value is -2.08. The fraction of sp³-hybridized carbons (Fsp3) is 0.167. The third-order valence-electron chi connectivity index (χ3n) is 2.85. The summed E-state index contributed by atoms with van der Waals surface area (Å²) in [5.74, 6) is 0.942. The second kappa shape index (κ2) is 2.71. The van der Waals surface area contributed by atoms with Crippen molar-refractivity contribution in [3.8, 4) is 17.2 Å². The Morgan fingerprint density at radius 1 is 1.53 bits per heavy atom. The summed E-state index contributed by atoms with van der Waals surface area (Å²) in [5, 5.41) is 8.99. The molecule has 0 saturated carbocycles. The van der Waals surface area contributed by atoms with Crippen LogP contribution in [0.2, 0.25) is 0 Å². The summed E-state index contributed by atoms with van der Waals surface area (Å²) >= 11 is 0. The van der Waals surface area contributed by atoms with Crippen molar-refractivity contribution in [1.82, 2.24) is 4.98 Å². The molecule has 0 amide bonds. The smallest absolute Gasteiger partial charge is 0.116 e. The maximum absolute atomic E-state index is 8.99. The molecule has 0 unspecified atom stereocenters. The van der Waals surface area contributed by atoms with Gasteiger partial charge in [-0.25, -0.2) is 0 Å². The molecule has 0 aliphatic heterocycles. The van der Waals surface area contributed by atoms with E-state index >= 15 is 0 Å². The van der Waals surface area contributed by atoms with E-state index in [1.165, 1.54) is 0 Å². The summed E-state index contributed by atoms with van der Waals surface area (Å²) in [6.07, 6.45) is 4.04. The van der Waals surface area contributed by atoms with Crippen LogP contribution < -0.4 is 0 Å².